The second-order valence-corrected chi connectivity index (χ2v) is 5.89. The molecule has 1 aromatic rings. The summed E-state index contributed by atoms with van der Waals surface area (Å²) in [4.78, 5) is 26.1. The highest BCUT2D eigenvalue weighted by atomic mass is 79.9. The molecule has 3 amide bonds. The molecule has 9 heteroatoms. The van der Waals surface area contributed by atoms with Crippen molar-refractivity contribution in [2.24, 2.45) is 0 Å². The summed E-state index contributed by atoms with van der Waals surface area (Å²) in [6, 6.07) is 1.37. The number of rotatable bonds is 4. The van der Waals surface area contributed by atoms with E-state index < -0.39 is 12.0 Å². The minimum absolute atomic E-state index is 0.218. The first-order valence-electron chi connectivity index (χ1n) is 6.44. The second-order valence-electron chi connectivity index (χ2n) is 4.98. The normalized spacial score (nSPS) is 30.7. The molecule has 8 nitrogen and oxygen atoms in total. The van der Waals surface area contributed by atoms with E-state index >= 15 is 0 Å². The third-order valence-corrected chi connectivity index (χ3v) is 4.08. The number of nitrogens with one attached hydrogen (secondary N) is 4. The van der Waals surface area contributed by atoms with Crippen molar-refractivity contribution in [1.82, 2.24) is 20.9 Å². The van der Waals surface area contributed by atoms with Gasteiger partial charge in [0.15, 0.2) is 12.0 Å². The number of carbonyl (C=O) groups is 2. The topological polar surface area (TPSA) is 104 Å². The fourth-order valence-electron chi connectivity index (χ4n) is 2.57. The Labute approximate surface area is 129 Å². The Balaban J connectivity index is 1.56. The summed E-state index contributed by atoms with van der Waals surface area (Å²) in [6.45, 7) is 0.328. The highest BCUT2D eigenvalue weighted by Gasteiger charge is 2.55. The highest BCUT2D eigenvalue weighted by Crippen LogP contribution is 2.32. The first kappa shape index (κ1) is 14.4. The predicted molar refractivity (Wildman–Crippen MR) is 75.5 cm³/mol. The van der Waals surface area contributed by atoms with Crippen LogP contribution in [0.2, 0.25) is 0 Å². The number of urea groups is 1. The molecule has 0 unspecified atom stereocenters. The van der Waals surface area contributed by atoms with Crippen molar-refractivity contribution in [1.29, 1.82) is 0 Å². The third kappa shape index (κ3) is 2.63. The van der Waals surface area contributed by atoms with Gasteiger partial charge in [0.1, 0.15) is 5.69 Å². The fraction of sp³-hybridized carbons (Fsp3) is 0.500. The van der Waals surface area contributed by atoms with Crippen LogP contribution in [0.5, 0.6) is 0 Å². The van der Waals surface area contributed by atoms with Crippen LogP contribution in [-0.2, 0) is 9.47 Å². The molecule has 4 N–H and O–H groups in total. The molecular formula is C12H15BrN4O4. The molecule has 3 rings (SSSR count). The molecule has 2 aliphatic rings. The molecular weight excluding hydrogens is 344 g/mol. The van der Waals surface area contributed by atoms with Gasteiger partial charge in [0, 0.05) is 30.7 Å². The van der Waals surface area contributed by atoms with Gasteiger partial charge in [0.25, 0.3) is 5.91 Å². The molecule has 0 radical (unpaired) electrons. The number of carbonyl (C=O) groups excluding carboxylic acids is 2. The highest BCUT2D eigenvalue weighted by molar-refractivity contribution is 9.10. The average molecular weight is 359 g/mol. The summed E-state index contributed by atoms with van der Waals surface area (Å²) >= 11 is 3.27. The molecule has 0 bridgehead atoms. The number of hydrogen-bond donors (Lipinski definition) is 4. The molecule has 1 aromatic heterocycles. The van der Waals surface area contributed by atoms with Crippen LogP contribution in [0.15, 0.2) is 16.7 Å². The lowest BCUT2D eigenvalue weighted by Crippen LogP contribution is -2.48. The summed E-state index contributed by atoms with van der Waals surface area (Å²) in [5.41, 5.74) is -0.393. The molecule has 3 heterocycles. The molecule has 0 aromatic carbocycles. The van der Waals surface area contributed by atoms with Gasteiger partial charge in [-0.2, -0.15) is 0 Å². The van der Waals surface area contributed by atoms with Crippen LogP contribution in [0, 0.1) is 0 Å². The van der Waals surface area contributed by atoms with Gasteiger partial charge in [0.05, 0.1) is 6.10 Å². The van der Waals surface area contributed by atoms with Gasteiger partial charge in [-0.25, -0.2) is 4.79 Å². The van der Waals surface area contributed by atoms with Crippen LogP contribution in [0.1, 0.15) is 16.9 Å². The number of amides is 3. The van der Waals surface area contributed by atoms with E-state index in [2.05, 4.69) is 36.9 Å². The van der Waals surface area contributed by atoms with Gasteiger partial charge in [0.2, 0.25) is 0 Å². The van der Waals surface area contributed by atoms with E-state index in [1.54, 1.807) is 12.3 Å². The van der Waals surface area contributed by atoms with Gasteiger partial charge in [-0.15, -0.1) is 0 Å². The standard InChI is InChI=1S/C12H15BrN4O4/c1-20-12-3-7(21-10(12)16-11(19)17-12)5-15-9(18)8-2-6(13)4-14-8/h2,4,7,10,14H,3,5H2,1H3,(H,15,18)(H2,16,17,19)/t7-,10+,12+/m0/s1. The maximum Gasteiger partial charge on any atom is 0.319 e. The Kier molecular flexibility index (Phi) is 3.64. The lowest BCUT2D eigenvalue weighted by molar-refractivity contribution is -0.0723. The SMILES string of the molecule is CO[C@]12C[C@@H](CNC(=O)c3cc(Br)c[nH]3)O[C@H]1NC(=O)N2. The van der Waals surface area contributed by atoms with Crippen molar-refractivity contribution in [3.63, 3.8) is 0 Å². The number of hydrogen-bond acceptors (Lipinski definition) is 4. The zero-order valence-electron chi connectivity index (χ0n) is 11.2. The molecule has 3 atom stereocenters. The van der Waals surface area contributed by atoms with E-state index in [0.29, 0.717) is 18.7 Å². The summed E-state index contributed by atoms with van der Waals surface area (Å²) < 4.78 is 11.9. The van der Waals surface area contributed by atoms with Crippen LogP contribution in [0.25, 0.3) is 0 Å². The summed E-state index contributed by atoms with van der Waals surface area (Å²) in [6.07, 6.45) is 1.36. The van der Waals surface area contributed by atoms with Crippen LogP contribution >= 0.6 is 15.9 Å². The summed E-state index contributed by atoms with van der Waals surface area (Å²) in [5.74, 6) is -0.218. The van der Waals surface area contributed by atoms with Crippen molar-refractivity contribution in [2.75, 3.05) is 13.7 Å². The van der Waals surface area contributed by atoms with Crippen LogP contribution in [0.4, 0.5) is 4.79 Å². The van der Waals surface area contributed by atoms with E-state index in [-0.39, 0.29) is 18.0 Å². The number of halogens is 1. The van der Waals surface area contributed by atoms with Crippen LogP contribution < -0.4 is 16.0 Å². The minimum Gasteiger partial charge on any atom is -0.356 e. The molecule has 2 saturated heterocycles. The van der Waals surface area contributed by atoms with Crippen molar-refractivity contribution in [3.05, 3.63) is 22.4 Å². The predicted octanol–water partition coefficient (Wildman–Crippen LogP) is 0.277. The van der Waals surface area contributed by atoms with Gasteiger partial charge >= 0.3 is 6.03 Å². The van der Waals surface area contributed by atoms with E-state index in [0.717, 1.165) is 4.47 Å². The zero-order chi connectivity index (χ0) is 15.0. The van der Waals surface area contributed by atoms with Crippen molar-refractivity contribution in [3.8, 4) is 0 Å². The van der Waals surface area contributed by atoms with Gasteiger partial charge < -0.3 is 30.4 Å². The molecule has 114 valence electrons. The van der Waals surface area contributed by atoms with Crippen LogP contribution in [0.3, 0.4) is 0 Å². The second kappa shape index (κ2) is 5.32. The van der Waals surface area contributed by atoms with E-state index in [4.69, 9.17) is 9.47 Å². The first-order valence-corrected chi connectivity index (χ1v) is 7.23. The van der Waals surface area contributed by atoms with Gasteiger partial charge in [-0.3, -0.25) is 4.79 Å². The molecule has 0 saturated carbocycles. The number of methoxy groups -OCH3 is 1. The Morgan fingerprint density at radius 2 is 2.48 bits per heavy atom. The Morgan fingerprint density at radius 1 is 1.67 bits per heavy atom. The smallest absolute Gasteiger partial charge is 0.319 e. The van der Waals surface area contributed by atoms with Gasteiger partial charge in [-0.1, -0.05) is 0 Å². The number of aromatic amines is 1. The summed E-state index contributed by atoms with van der Waals surface area (Å²) in [7, 11) is 1.51. The maximum absolute atomic E-state index is 11.9. The fourth-order valence-corrected chi connectivity index (χ4v) is 2.92. The van der Waals surface area contributed by atoms with E-state index in [9.17, 15) is 9.59 Å². The molecule has 0 aliphatic carbocycles. The largest absolute Gasteiger partial charge is 0.356 e. The summed E-state index contributed by atoms with van der Waals surface area (Å²) in [5, 5.41) is 8.13. The zero-order valence-corrected chi connectivity index (χ0v) is 12.8. The van der Waals surface area contributed by atoms with Crippen molar-refractivity contribution in [2.45, 2.75) is 24.5 Å². The molecule has 0 spiro atoms. The van der Waals surface area contributed by atoms with Gasteiger partial charge in [-0.05, 0) is 22.0 Å². The minimum atomic E-state index is -0.859. The molecule has 2 aliphatic heterocycles. The monoisotopic (exact) mass is 358 g/mol. The third-order valence-electron chi connectivity index (χ3n) is 3.62. The lowest BCUT2D eigenvalue weighted by atomic mass is 10.1. The molecule has 2 fully saturated rings. The average Bonchev–Trinajstić information content (AvgIpc) is 3.08. The van der Waals surface area contributed by atoms with Crippen LogP contribution in [-0.4, -0.2) is 48.6 Å². The number of aromatic nitrogens is 1. The number of fused-ring (bicyclic) bond motifs is 1. The van der Waals surface area contributed by atoms with E-state index in [1.165, 1.54) is 7.11 Å². The molecule has 21 heavy (non-hydrogen) atoms. The lowest BCUT2D eigenvalue weighted by Gasteiger charge is -2.23. The Morgan fingerprint density at radius 3 is 3.10 bits per heavy atom. The quantitative estimate of drug-likeness (QED) is 0.620. The Bertz CT molecular complexity index is 577. The van der Waals surface area contributed by atoms with Crippen molar-refractivity contribution >= 4 is 27.9 Å². The van der Waals surface area contributed by atoms with E-state index in [1.807, 2.05) is 0 Å². The van der Waals surface area contributed by atoms with Crippen molar-refractivity contribution < 1.29 is 19.1 Å². The number of ether oxygens (including phenoxy) is 2. The number of H-pyrrole nitrogens is 1. The first-order chi connectivity index (χ1) is 10.0. The maximum atomic E-state index is 11.9. The Hall–Kier alpha value is -1.58.